The molecule has 0 aliphatic rings. The van der Waals surface area contributed by atoms with E-state index in [-0.39, 0.29) is 0 Å². The second kappa shape index (κ2) is 11.0. The third-order valence-corrected chi connectivity index (χ3v) is 2.41. The number of carbonyl (C=O) groups is 1. The van der Waals surface area contributed by atoms with E-state index >= 15 is 0 Å². The van der Waals surface area contributed by atoms with Crippen LogP contribution in [0.4, 0.5) is 0 Å². The highest BCUT2D eigenvalue weighted by Crippen LogP contribution is 2.08. The third kappa shape index (κ3) is 7.92. The molecule has 1 nitrogen and oxygen atoms in total. The molecule has 0 saturated heterocycles. The van der Waals surface area contributed by atoms with Crippen molar-refractivity contribution in [2.24, 2.45) is 0 Å². The molecule has 0 fully saturated rings. The number of hydrogen-bond donors (Lipinski definition) is 0. The molecule has 0 aliphatic carbocycles. The Morgan fingerprint density at radius 1 is 0.933 bits per heavy atom. The van der Waals surface area contributed by atoms with Gasteiger partial charge in [0.2, 0.25) is 0 Å². The highest BCUT2D eigenvalue weighted by molar-refractivity contribution is 5.14. The summed E-state index contributed by atoms with van der Waals surface area (Å²) in [4.78, 5) is 8.00. The van der Waals surface area contributed by atoms with E-state index in [0.29, 0.717) is 0 Å². The van der Waals surface area contributed by atoms with E-state index in [1.165, 1.54) is 44.1 Å². The Balaban J connectivity index is 0.000000921. The van der Waals surface area contributed by atoms with Crippen LogP contribution in [0.1, 0.15) is 44.6 Å². The number of aryl methyl sites for hydroxylation is 1. The summed E-state index contributed by atoms with van der Waals surface area (Å²) in [5.41, 5.74) is 1.49. The summed E-state index contributed by atoms with van der Waals surface area (Å²) in [7, 11) is 0. The number of rotatable bonds is 6. The molecule has 1 aromatic rings. The van der Waals surface area contributed by atoms with E-state index in [1.54, 1.807) is 0 Å². The van der Waals surface area contributed by atoms with Crippen LogP contribution in [0.15, 0.2) is 30.3 Å². The summed E-state index contributed by atoms with van der Waals surface area (Å²) < 4.78 is 0. The van der Waals surface area contributed by atoms with Gasteiger partial charge in [0.05, 0.1) is 0 Å². The van der Waals surface area contributed by atoms with Gasteiger partial charge in [-0.25, -0.2) is 0 Å². The van der Waals surface area contributed by atoms with Gasteiger partial charge in [-0.05, 0) is 18.4 Å². The molecule has 0 spiro atoms. The summed E-state index contributed by atoms with van der Waals surface area (Å²) in [6, 6.07) is 10.8. The summed E-state index contributed by atoms with van der Waals surface area (Å²) in [6.07, 6.45) is 8.14. The van der Waals surface area contributed by atoms with Crippen LogP contribution in [0.2, 0.25) is 0 Å². The van der Waals surface area contributed by atoms with Gasteiger partial charge in [0.1, 0.15) is 6.79 Å². The molecule has 0 unspecified atom stereocenters. The first-order valence-corrected chi connectivity index (χ1v) is 5.76. The van der Waals surface area contributed by atoms with Crippen LogP contribution < -0.4 is 0 Å². The number of unbranched alkanes of at least 4 members (excludes halogenated alkanes) is 4. The molecular weight excluding hydrogens is 184 g/mol. The smallest absolute Gasteiger partial charge is 0.106 e. The minimum absolute atomic E-state index is 1.25. The molecule has 1 aromatic carbocycles. The van der Waals surface area contributed by atoms with Crippen LogP contribution in [-0.2, 0) is 11.2 Å². The second-order valence-corrected chi connectivity index (χ2v) is 3.65. The zero-order valence-electron chi connectivity index (χ0n) is 9.74. The van der Waals surface area contributed by atoms with Crippen LogP contribution in [0.25, 0.3) is 0 Å². The largest absolute Gasteiger partial charge is 0.307 e. The monoisotopic (exact) mass is 206 g/mol. The van der Waals surface area contributed by atoms with E-state index < -0.39 is 0 Å². The fourth-order valence-corrected chi connectivity index (χ4v) is 1.58. The normalized spacial score (nSPS) is 9.13. The fraction of sp³-hybridized carbons (Fsp3) is 0.500. The quantitative estimate of drug-likeness (QED) is 0.643. The summed E-state index contributed by atoms with van der Waals surface area (Å²) in [6.45, 7) is 4.26. The highest BCUT2D eigenvalue weighted by atomic mass is 16.1. The van der Waals surface area contributed by atoms with Crippen LogP contribution in [0.5, 0.6) is 0 Å². The van der Waals surface area contributed by atoms with Gasteiger partial charge in [-0.1, -0.05) is 62.9 Å². The molecule has 0 atom stereocenters. The summed E-state index contributed by atoms with van der Waals surface area (Å²) in [5, 5.41) is 0. The average Bonchev–Trinajstić information content (AvgIpc) is 2.33. The van der Waals surface area contributed by atoms with Gasteiger partial charge >= 0.3 is 0 Å². The lowest BCUT2D eigenvalue weighted by Gasteiger charge is -2.00. The Kier molecular flexibility index (Phi) is 10.2. The van der Waals surface area contributed by atoms with Gasteiger partial charge in [0.25, 0.3) is 0 Å². The maximum atomic E-state index is 8.00. The maximum absolute atomic E-state index is 8.00. The molecule has 0 aliphatic heterocycles. The second-order valence-electron chi connectivity index (χ2n) is 3.65. The molecule has 1 rings (SSSR count). The molecule has 0 bridgehead atoms. The van der Waals surface area contributed by atoms with Crippen molar-refractivity contribution in [3.8, 4) is 0 Å². The SMILES string of the molecule is C=O.CCCCCCCc1ccccc1. The van der Waals surface area contributed by atoms with Crippen molar-refractivity contribution in [3.05, 3.63) is 35.9 Å². The number of benzene rings is 1. The molecule has 0 N–H and O–H groups in total. The Morgan fingerprint density at radius 2 is 1.53 bits per heavy atom. The summed E-state index contributed by atoms with van der Waals surface area (Å²) >= 11 is 0. The predicted octanol–water partition coefficient (Wildman–Crippen LogP) is 4.01. The van der Waals surface area contributed by atoms with Gasteiger partial charge in [-0.2, -0.15) is 0 Å². The minimum atomic E-state index is 1.25. The average molecular weight is 206 g/mol. The molecule has 0 aromatic heterocycles. The minimum Gasteiger partial charge on any atom is -0.307 e. The van der Waals surface area contributed by atoms with Gasteiger partial charge in [-0.15, -0.1) is 0 Å². The van der Waals surface area contributed by atoms with Crippen molar-refractivity contribution >= 4 is 6.79 Å². The van der Waals surface area contributed by atoms with Crippen molar-refractivity contribution in [2.45, 2.75) is 45.4 Å². The van der Waals surface area contributed by atoms with Crippen LogP contribution >= 0.6 is 0 Å². The standard InChI is InChI=1S/C13H20.CH2O/c1-2-3-4-5-7-10-13-11-8-6-9-12-13;1-2/h6,8-9,11-12H,2-5,7,10H2,1H3;1H2. The number of carbonyl (C=O) groups excluding carboxylic acids is 1. The van der Waals surface area contributed by atoms with Crippen molar-refractivity contribution < 1.29 is 4.79 Å². The molecule has 1 heteroatoms. The lowest BCUT2D eigenvalue weighted by atomic mass is 10.1. The lowest BCUT2D eigenvalue weighted by molar-refractivity contribution is -0.0979. The summed E-state index contributed by atoms with van der Waals surface area (Å²) in [5.74, 6) is 0. The van der Waals surface area contributed by atoms with Crippen molar-refractivity contribution in [3.63, 3.8) is 0 Å². The van der Waals surface area contributed by atoms with Crippen LogP contribution in [0, 0.1) is 0 Å². The van der Waals surface area contributed by atoms with Gasteiger partial charge in [-0.3, -0.25) is 0 Å². The van der Waals surface area contributed by atoms with E-state index in [0.717, 1.165) is 0 Å². The molecule has 84 valence electrons. The highest BCUT2D eigenvalue weighted by Gasteiger charge is 1.91. The van der Waals surface area contributed by atoms with Gasteiger partial charge in [0, 0.05) is 0 Å². The lowest BCUT2D eigenvalue weighted by Crippen LogP contribution is -1.84. The van der Waals surface area contributed by atoms with E-state index in [9.17, 15) is 0 Å². The fourth-order valence-electron chi connectivity index (χ4n) is 1.58. The zero-order valence-corrected chi connectivity index (χ0v) is 9.74. The maximum Gasteiger partial charge on any atom is 0.106 e. The van der Waals surface area contributed by atoms with Crippen molar-refractivity contribution in [1.29, 1.82) is 0 Å². The zero-order chi connectivity index (χ0) is 11.4. The van der Waals surface area contributed by atoms with Crippen molar-refractivity contribution in [1.82, 2.24) is 0 Å². The van der Waals surface area contributed by atoms with Crippen LogP contribution in [0.3, 0.4) is 0 Å². The van der Waals surface area contributed by atoms with E-state index in [1.807, 2.05) is 6.79 Å². The molecule has 0 amide bonds. The Labute approximate surface area is 93.5 Å². The third-order valence-electron chi connectivity index (χ3n) is 2.41. The van der Waals surface area contributed by atoms with Crippen LogP contribution in [-0.4, -0.2) is 6.79 Å². The molecule has 0 radical (unpaired) electrons. The van der Waals surface area contributed by atoms with E-state index in [4.69, 9.17) is 4.79 Å². The number of hydrogen-bond acceptors (Lipinski definition) is 1. The molecular formula is C14H22O. The predicted molar refractivity (Wildman–Crippen MR) is 66.0 cm³/mol. The van der Waals surface area contributed by atoms with Gasteiger partial charge < -0.3 is 4.79 Å². The Morgan fingerprint density at radius 3 is 2.13 bits per heavy atom. The van der Waals surface area contributed by atoms with Crippen molar-refractivity contribution in [2.75, 3.05) is 0 Å². The molecule has 15 heavy (non-hydrogen) atoms. The van der Waals surface area contributed by atoms with E-state index in [2.05, 4.69) is 37.3 Å². The Bertz CT molecular complexity index is 218. The topological polar surface area (TPSA) is 17.1 Å². The first kappa shape index (κ1) is 13.9. The van der Waals surface area contributed by atoms with Gasteiger partial charge in [0.15, 0.2) is 0 Å². The first-order chi connectivity index (χ1) is 7.43. The molecule has 0 heterocycles. The molecule has 0 saturated carbocycles. The first-order valence-electron chi connectivity index (χ1n) is 5.76. The Hall–Kier alpha value is -1.11.